The van der Waals surface area contributed by atoms with E-state index in [4.69, 9.17) is 10.9 Å². The van der Waals surface area contributed by atoms with E-state index >= 15 is 0 Å². The molecule has 0 saturated heterocycles. The minimum atomic E-state index is -0.107. The maximum absolute atomic E-state index is 9.00. The van der Waals surface area contributed by atoms with Crippen molar-refractivity contribution in [3.63, 3.8) is 0 Å². The normalized spacial score (nSPS) is 14.1. The van der Waals surface area contributed by atoms with E-state index in [1.807, 2.05) is 42.1 Å². The highest BCUT2D eigenvalue weighted by Gasteiger charge is 2.25. The Hall–Kier alpha value is -1.20. The Labute approximate surface area is 132 Å². The van der Waals surface area contributed by atoms with Gasteiger partial charge in [-0.15, -0.1) is 0 Å². The summed E-state index contributed by atoms with van der Waals surface area (Å²) in [6.45, 7) is 6.03. The Bertz CT molecular complexity index is 424. The first-order valence-electron chi connectivity index (χ1n) is 7.40. The molecule has 0 amide bonds. The highest BCUT2D eigenvalue weighted by atomic mass is 32.2. The summed E-state index contributed by atoms with van der Waals surface area (Å²) in [5, 5.41) is 15.7. The van der Waals surface area contributed by atoms with Crippen LogP contribution >= 0.6 is 11.8 Å². The molecule has 0 aliphatic carbocycles. The van der Waals surface area contributed by atoms with Crippen LogP contribution in [0.1, 0.15) is 38.2 Å². The molecule has 0 aromatic heterocycles. The third-order valence-electron chi connectivity index (χ3n) is 4.19. The van der Waals surface area contributed by atoms with Gasteiger partial charge in [-0.05, 0) is 24.7 Å². The van der Waals surface area contributed by atoms with E-state index in [1.165, 1.54) is 0 Å². The van der Waals surface area contributed by atoms with Crippen LogP contribution in [0.25, 0.3) is 0 Å². The van der Waals surface area contributed by atoms with Crippen molar-refractivity contribution in [2.45, 2.75) is 37.4 Å². The summed E-state index contributed by atoms with van der Waals surface area (Å²) in [6, 6.07) is 9.92. The molecule has 0 bridgehead atoms. The van der Waals surface area contributed by atoms with Gasteiger partial charge in [-0.3, -0.25) is 0 Å². The molecule has 0 spiro atoms. The Morgan fingerprint density at radius 1 is 1.33 bits per heavy atom. The van der Waals surface area contributed by atoms with E-state index in [-0.39, 0.29) is 16.5 Å². The van der Waals surface area contributed by atoms with Gasteiger partial charge in [-0.2, -0.15) is 11.8 Å². The molecule has 0 radical (unpaired) electrons. The molecule has 4 nitrogen and oxygen atoms in total. The molecule has 0 heterocycles. The minimum Gasteiger partial charge on any atom is -0.409 e. The third-order valence-corrected chi connectivity index (χ3v) is 5.78. The second-order valence-electron chi connectivity index (χ2n) is 5.21. The summed E-state index contributed by atoms with van der Waals surface area (Å²) in [4.78, 5) is 0. The van der Waals surface area contributed by atoms with Crippen LogP contribution < -0.4 is 11.1 Å². The van der Waals surface area contributed by atoms with Crippen LogP contribution in [0.4, 0.5) is 0 Å². The maximum Gasteiger partial charge on any atom is 0.147 e. The van der Waals surface area contributed by atoms with Crippen LogP contribution in [0.5, 0.6) is 0 Å². The maximum atomic E-state index is 9.00. The van der Waals surface area contributed by atoms with Gasteiger partial charge in [0, 0.05) is 17.8 Å². The molecule has 1 aromatic rings. The van der Waals surface area contributed by atoms with Crippen LogP contribution in [0.2, 0.25) is 0 Å². The topological polar surface area (TPSA) is 70.6 Å². The lowest BCUT2D eigenvalue weighted by molar-refractivity contribution is 0.315. The van der Waals surface area contributed by atoms with Crippen molar-refractivity contribution in [2.75, 3.05) is 19.3 Å². The first-order chi connectivity index (χ1) is 10.1. The van der Waals surface area contributed by atoms with Gasteiger partial charge in [0.05, 0.1) is 5.92 Å². The molecule has 1 atom stereocenters. The summed E-state index contributed by atoms with van der Waals surface area (Å²) in [7, 11) is 0. The van der Waals surface area contributed by atoms with Gasteiger partial charge in [0.15, 0.2) is 0 Å². The second-order valence-corrected chi connectivity index (χ2v) is 6.49. The largest absolute Gasteiger partial charge is 0.409 e. The Balaban J connectivity index is 2.72. The van der Waals surface area contributed by atoms with Crippen molar-refractivity contribution in [3.8, 4) is 0 Å². The Kier molecular flexibility index (Phi) is 7.61. The fourth-order valence-electron chi connectivity index (χ4n) is 2.45. The van der Waals surface area contributed by atoms with Crippen molar-refractivity contribution < 1.29 is 5.21 Å². The molecule has 4 N–H and O–H groups in total. The van der Waals surface area contributed by atoms with Gasteiger partial charge in [0.25, 0.3) is 0 Å². The van der Waals surface area contributed by atoms with Crippen molar-refractivity contribution in [3.05, 3.63) is 35.9 Å². The molecule has 1 rings (SSSR count). The summed E-state index contributed by atoms with van der Waals surface area (Å²) in [6.07, 6.45) is 4.40. The van der Waals surface area contributed by atoms with Gasteiger partial charge in [0.2, 0.25) is 0 Å². The minimum absolute atomic E-state index is 0.107. The number of thioether (sulfide) groups is 1. The van der Waals surface area contributed by atoms with Crippen molar-refractivity contribution in [1.82, 2.24) is 5.32 Å². The number of rotatable bonds is 9. The number of oxime groups is 1. The van der Waals surface area contributed by atoms with Gasteiger partial charge in [-0.1, -0.05) is 49.3 Å². The molecule has 1 unspecified atom stereocenters. The van der Waals surface area contributed by atoms with Crippen LogP contribution in [-0.4, -0.2) is 35.1 Å². The molecular weight excluding hydrogens is 282 g/mol. The molecule has 5 heteroatoms. The number of nitrogens with one attached hydrogen (secondary N) is 1. The zero-order chi connectivity index (χ0) is 15.7. The fourth-order valence-corrected chi connectivity index (χ4v) is 3.28. The lowest BCUT2D eigenvalue weighted by Crippen LogP contribution is -2.40. The fraction of sp³-hybridized carbons (Fsp3) is 0.562. The molecule has 0 aliphatic heterocycles. The number of nitrogens with zero attached hydrogens (tertiary/aromatic N) is 1. The standard InChI is InChI=1S/C16H27N3OS/c1-4-16(5-2,21-3)12-18-11-14(15(17)19-20)13-9-7-6-8-10-13/h6-10,14,18,20H,4-5,11-12H2,1-3H3,(H2,17,19). The number of benzene rings is 1. The highest BCUT2D eigenvalue weighted by molar-refractivity contribution is 8.00. The molecule has 118 valence electrons. The predicted octanol–water partition coefficient (Wildman–Crippen LogP) is 3.03. The van der Waals surface area contributed by atoms with Gasteiger partial charge in [-0.25, -0.2) is 0 Å². The molecular formula is C16H27N3OS. The molecule has 0 fully saturated rings. The SMILES string of the molecule is CCC(CC)(CNCC(/C(N)=N/O)c1ccccc1)SC. The molecule has 1 aromatic carbocycles. The number of nitrogens with two attached hydrogens (primary N) is 1. The van der Waals surface area contributed by atoms with E-state index in [0.717, 1.165) is 24.9 Å². The highest BCUT2D eigenvalue weighted by Crippen LogP contribution is 2.29. The van der Waals surface area contributed by atoms with E-state index in [0.29, 0.717) is 6.54 Å². The smallest absolute Gasteiger partial charge is 0.147 e. The van der Waals surface area contributed by atoms with Crippen LogP contribution in [0, 0.1) is 0 Å². The van der Waals surface area contributed by atoms with E-state index in [2.05, 4.69) is 30.6 Å². The van der Waals surface area contributed by atoms with Gasteiger partial charge < -0.3 is 16.3 Å². The van der Waals surface area contributed by atoms with Crippen molar-refractivity contribution in [2.24, 2.45) is 10.9 Å². The molecule has 0 saturated carbocycles. The summed E-state index contributed by atoms with van der Waals surface area (Å²) >= 11 is 1.91. The first-order valence-corrected chi connectivity index (χ1v) is 8.63. The van der Waals surface area contributed by atoms with Gasteiger partial charge >= 0.3 is 0 Å². The number of hydrogen-bond donors (Lipinski definition) is 3. The third kappa shape index (κ3) is 4.93. The van der Waals surface area contributed by atoms with Crippen molar-refractivity contribution >= 4 is 17.6 Å². The molecule has 0 aliphatic rings. The average Bonchev–Trinajstić information content (AvgIpc) is 2.56. The van der Waals surface area contributed by atoms with Crippen LogP contribution in [0.3, 0.4) is 0 Å². The first kappa shape index (κ1) is 17.9. The zero-order valence-electron chi connectivity index (χ0n) is 13.2. The number of amidine groups is 1. The lowest BCUT2D eigenvalue weighted by Gasteiger charge is -2.30. The zero-order valence-corrected chi connectivity index (χ0v) is 14.0. The summed E-state index contributed by atoms with van der Waals surface area (Å²) in [5.74, 6) is 0.140. The van der Waals surface area contributed by atoms with Gasteiger partial charge in [0.1, 0.15) is 5.84 Å². The van der Waals surface area contributed by atoms with E-state index < -0.39 is 0 Å². The lowest BCUT2D eigenvalue weighted by atomic mass is 9.97. The monoisotopic (exact) mass is 309 g/mol. The summed E-state index contributed by atoms with van der Waals surface area (Å²) < 4.78 is 0.256. The van der Waals surface area contributed by atoms with Crippen LogP contribution in [0.15, 0.2) is 35.5 Å². The van der Waals surface area contributed by atoms with E-state index in [9.17, 15) is 0 Å². The predicted molar refractivity (Wildman–Crippen MR) is 92.3 cm³/mol. The number of hydrogen-bond acceptors (Lipinski definition) is 4. The Morgan fingerprint density at radius 2 is 1.95 bits per heavy atom. The quantitative estimate of drug-likeness (QED) is 0.284. The summed E-state index contributed by atoms with van der Waals surface area (Å²) in [5.41, 5.74) is 6.91. The van der Waals surface area contributed by atoms with Crippen molar-refractivity contribution in [1.29, 1.82) is 0 Å². The second kappa shape index (κ2) is 8.95. The average molecular weight is 309 g/mol. The van der Waals surface area contributed by atoms with Crippen LogP contribution in [-0.2, 0) is 0 Å². The molecule has 21 heavy (non-hydrogen) atoms. The Morgan fingerprint density at radius 3 is 2.43 bits per heavy atom. The van der Waals surface area contributed by atoms with E-state index in [1.54, 1.807) is 0 Å².